The molecule has 0 saturated heterocycles. The molecule has 0 fully saturated rings. The minimum absolute atomic E-state index is 0.0647. The van der Waals surface area contributed by atoms with Gasteiger partial charge >= 0.3 is 0 Å². The van der Waals surface area contributed by atoms with Gasteiger partial charge in [0.05, 0.1) is 5.69 Å². The second kappa shape index (κ2) is 11.2. The molecule has 194 valence electrons. The Morgan fingerprint density at radius 3 is 2.43 bits per heavy atom. The Hall–Kier alpha value is -3.67. The van der Waals surface area contributed by atoms with Gasteiger partial charge in [0.1, 0.15) is 11.7 Å². The summed E-state index contributed by atoms with van der Waals surface area (Å²) in [5.41, 5.74) is 12.1. The summed E-state index contributed by atoms with van der Waals surface area (Å²) in [7, 11) is 0. The van der Waals surface area contributed by atoms with E-state index in [0.717, 1.165) is 70.3 Å². The highest BCUT2D eigenvalue weighted by molar-refractivity contribution is 6.07. The van der Waals surface area contributed by atoms with Gasteiger partial charge in [-0.1, -0.05) is 45.9 Å². The molecule has 37 heavy (non-hydrogen) atoms. The van der Waals surface area contributed by atoms with Crippen molar-refractivity contribution in [2.24, 2.45) is 16.6 Å². The Kier molecular flexibility index (Phi) is 7.96. The van der Waals surface area contributed by atoms with Crippen LogP contribution in [0.1, 0.15) is 58.2 Å². The molecule has 2 aromatic carbocycles. The largest absolute Gasteiger partial charge is 0.387 e. The zero-order chi connectivity index (χ0) is 26.7. The minimum atomic E-state index is 0.0647. The zero-order valence-corrected chi connectivity index (χ0v) is 22.8. The number of fused-ring (bicyclic) bond motifs is 2. The van der Waals surface area contributed by atoms with Crippen LogP contribution in [0.5, 0.6) is 0 Å². The van der Waals surface area contributed by atoms with E-state index in [2.05, 4.69) is 69.0 Å². The van der Waals surface area contributed by atoms with Crippen LogP contribution in [-0.4, -0.2) is 34.2 Å². The fraction of sp³-hybridized carbons (Fsp3) is 0.387. The van der Waals surface area contributed by atoms with Crippen molar-refractivity contribution in [2.45, 2.75) is 60.4 Å². The second-order valence-electron chi connectivity index (χ2n) is 10.5. The molecule has 1 aliphatic rings. The summed E-state index contributed by atoms with van der Waals surface area (Å²) < 4.78 is 1.87. The molecule has 3 N–H and O–H groups in total. The third kappa shape index (κ3) is 5.68. The third-order valence-corrected chi connectivity index (χ3v) is 6.80. The second-order valence-corrected chi connectivity index (χ2v) is 10.5. The minimum Gasteiger partial charge on any atom is -0.387 e. The molecule has 4 rings (SSSR count). The van der Waals surface area contributed by atoms with Gasteiger partial charge in [-0.2, -0.15) is 0 Å². The van der Waals surface area contributed by atoms with Gasteiger partial charge in [0.25, 0.3) is 5.56 Å². The highest BCUT2D eigenvalue weighted by atomic mass is 16.1. The van der Waals surface area contributed by atoms with E-state index in [0.29, 0.717) is 30.6 Å². The Labute approximate surface area is 220 Å². The molecule has 0 spiro atoms. The van der Waals surface area contributed by atoms with Crippen LogP contribution >= 0.6 is 0 Å². The summed E-state index contributed by atoms with van der Waals surface area (Å²) in [5.74, 6) is 1.45. The fourth-order valence-corrected chi connectivity index (χ4v) is 5.06. The first-order valence-electron chi connectivity index (χ1n) is 13.4. The molecular weight excluding hydrogens is 458 g/mol. The summed E-state index contributed by atoms with van der Waals surface area (Å²) in [4.78, 5) is 20.0. The van der Waals surface area contributed by atoms with Crippen LogP contribution in [0.15, 0.2) is 57.8 Å². The standard InChI is InChI=1S/C31H39N5O/c1-6-12-35(13-7-2)30(33)26-16-24-9-8-23(17-28(24)34-29(32)18-26)22-10-11-27-25(15-22)14-21(5)36(31(27)37)19-20(3)4/h8-11,14-17,20,33H,6-7,12-13,18-19H2,1-5H3,(H2,32,34). The molecule has 6 heteroatoms. The normalized spacial score (nSPS) is 13.2. The van der Waals surface area contributed by atoms with Crippen LogP contribution in [0.2, 0.25) is 0 Å². The summed E-state index contributed by atoms with van der Waals surface area (Å²) in [6.45, 7) is 13.0. The average Bonchev–Trinajstić information content (AvgIpc) is 3.03. The van der Waals surface area contributed by atoms with Crippen molar-refractivity contribution >= 4 is 34.2 Å². The first-order valence-corrected chi connectivity index (χ1v) is 13.4. The van der Waals surface area contributed by atoms with Gasteiger partial charge in [0, 0.05) is 48.3 Å². The quantitative estimate of drug-likeness (QED) is 0.275. The van der Waals surface area contributed by atoms with Gasteiger partial charge in [-0.3, -0.25) is 10.2 Å². The van der Waals surface area contributed by atoms with Gasteiger partial charge in [0.15, 0.2) is 0 Å². The lowest BCUT2D eigenvalue weighted by atomic mass is 9.98. The van der Waals surface area contributed by atoms with E-state index < -0.39 is 0 Å². The smallest absolute Gasteiger partial charge is 0.258 e. The zero-order valence-electron chi connectivity index (χ0n) is 22.8. The Balaban J connectivity index is 1.72. The van der Waals surface area contributed by atoms with E-state index in [4.69, 9.17) is 16.1 Å². The van der Waals surface area contributed by atoms with Crippen LogP contribution in [-0.2, 0) is 6.54 Å². The number of rotatable bonds is 8. The van der Waals surface area contributed by atoms with E-state index in [1.54, 1.807) is 0 Å². The van der Waals surface area contributed by atoms with Crippen LogP contribution < -0.4 is 11.3 Å². The van der Waals surface area contributed by atoms with Crippen molar-refractivity contribution in [1.29, 1.82) is 5.41 Å². The van der Waals surface area contributed by atoms with Crippen molar-refractivity contribution in [2.75, 3.05) is 13.1 Å². The Morgan fingerprint density at radius 2 is 1.76 bits per heavy atom. The number of aryl methyl sites for hydroxylation is 1. The molecule has 1 aromatic heterocycles. The van der Waals surface area contributed by atoms with Gasteiger partial charge in [-0.05, 0) is 72.5 Å². The number of amidine groups is 2. The van der Waals surface area contributed by atoms with Gasteiger partial charge in [-0.25, -0.2) is 4.99 Å². The molecule has 0 aliphatic carbocycles. The maximum absolute atomic E-state index is 13.1. The number of aliphatic imine (C=N–C) groups is 1. The van der Waals surface area contributed by atoms with Crippen molar-refractivity contribution in [3.63, 3.8) is 0 Å². The molecule has 0 unspecified atom stereocenters. The lowest BCUT2D eigenvalue weighted by Gasteiger charge is -2.25. The molecule has 6 nitrogen and oxygen atoms in total. The highest BCUT2D eigenvalue weighted by Gasteiger charge is 2.18. The van der Waals surface area contributed by atoms with E-state index in [1.807, 2.05) is 23.6 Å². The Morgan fingerprint density at radius 1 is 1.08 bits per heavy atom. The molecule has 0 amide bonds. The van der Waals surface area contributed by atoms with Crippen LogP contribution in [0.4, 0.5) is 5.69 Å². The van der Waals surface area contributed by atoms with E-state index in [-0.39, 0.29) is 5.56 Å². The van der Waals surface area contributed by atoms with Crippen molar-refractivity contribution in [3.8, 4) is 11.1 Å². The first-order chi connectivity index (χ1) is 17.7. The summed E-state index contributed by atoms with van der Waals surface area (Å²) in [6.07, 6.45) is 4.51. The molecule has 0 atom stereocenters. The maximum atomic E-state index is 13.1. The molecule has 0 radical (unpaired) electrons. The van der Waals surface area contributed by atoms with Crippen molar-refractivity contribution in [3.05, 3.63) is 69.6 Å². The lowest BCUT2D eigenvalue weighted by Crippen LogP contribution is -2.34. The first kappa shape index (κ1) is 26.4. The average molecular weight is 498 g/mol. The van der Waals surface area contributed by atoms with E-state index >= 15 is 0 Å². The number of hydrogen-bond donors (Lipinski definition) is 2. The van der Waals surface area contributed by atoms with Crippen molar-refractivity contribution < 1.29 is 0 Å². The summed E-state index contributed by atoms with van der Waals surface area (Å²) >= 11 is 0. The highest BCUT2D eigenvalue weighted by Crippen LogP contribution is 2.33. The molecule has 2 heterocycles. The number of benzene rings is 2. The number of nitrogens with one attached hydrogen (secondary N) is 1. The van der Waals surface area contributed by atoms with Crippen LogP contribution in [0, 0.1) is 18.3 Å². The summed E-state index contributed by atoms with van der Waals surface area (Å²) in [6, 6.07) is 14.3. The third-order valence-electron chi connectivity index (χ3n) is 6.80. The maximum Gasteiger partial charge on any atom is 0.258 e. The SMILES string of the molecule is CCCN(CCC)C(=N)C1=Cc2ccc(-c3ccc4c(=O)n(CC(C)C)c(C)cc4c3)cc2N=C(N)C1. The van der Waals surface area contributed by atoms with Crippen LogP contribution in [0.25, 0.3) is 28.0 Å². The number of nitrogens with two attached hydrogens (primary N) is 1. The molecule has 3 aromatic rings. The molecule has 0 bridgehead atoms. The number of pyridine rings is 1. The predicted molar refractivity (Wildman–Crippen MR) is 157 cm³/mol. The monoisotopic (exact) mass is 497 g/mol. The Bertz CT molecular complexity index is 1440. The number of aromatic nitrogens is 1. The van der Waals surface area contributed by atoms with Gasteiger partial charge in [0.2, 0.25) is 0 Å². The topological polar surface area (TPSA) is 87.5 Å². The lowest BCUT2D eigenvalue weighted by molar-refractivity contribution is 0.414. The van der Waals surface area contributed by atoms with Gasteiger partial charge in [-0.15, -0.1) is 0 Å². The van der Waals surface area contributed by atoms with Crippen molar-refractivity contribution in [1.82, 2.24) is 9.47 Å². The van der Waals surface area contributed by atoms with Crippen LogP contribution in [0.3, 0.4) is 0 Å². The molecular formula is C31H39N5O. The molecule has 0 saturated carbocycles. The summed E-state index contributed by atoms with van der Waals surface area (Å²) in [5, 5.41) is 10.5. The number of hydrogen-bond acceptors (Lipinski definition) is 4. The van der Waals surface area contributed by atoms with E-state index in [9.17, 15) is 4.79 Å². The fourth-order valence-electron chi connectivity index (χ4n) is 5.06. The van der Waals surface area contributed by atoms with Gasteiger partial charge < -0.3 is 15.2 Å². The predicted octanol–water partition coefficient (Wildman–Crippen LogP) is 6.51. The molecule has 1 aliphatic heterocycles. The van der Waals surface area contributed by atoms with E-state index in [1.165, 1.54) is 0 Å². The number of nitrogens with zero attached hydrogens (tertiary/aromatic N) is 3.